The first-order valence-electron chi connectivity index (χ1n) is 10.4. The predicted molar refractivity (Wildman–Crippen MR) is 121 cm³/mol. The third-order valence-corrected chi connectivity index (χ3v) is 5.93. The van der Waals surface area contributed by atoms with Gasteiger partial charge in [-0.05, 0) is 29.2 Å². The van der Waals surface area contributed by atoms with Gasteiger partial charge in [-0.2, -0.15) is 0 Å². The molecule has 4 rings (SSSR count). The zero-order chi connectivity index (χ0) is 23.6. The molecule has 1 aliphatic rings. The van der Waals surface area contributed by atoms with Gasteiger partial charge in [-0.3, -0.25) is 10.1 Å². The van der Waals surface area contributed by atoms with Crippen LogP contribution in [0.1, 0.15) is 29.5 Å². The van der Waals surface area contributed by atoms with E-state index in [1.165, 1.54) is 25.1 Å². The first kappa shape index (κ1) is 22.0. The molecular formula is C25H22N2O6. The number of hydrogen-bond acceptors (Lipinski definition) is 5. The molecule has 0 unspecified atom stereocenters. The van der Waals surface area contributed by atoms with Gasteiger partial charge in [0.25, 0.3) is 5.69 Å². The second-order valence-electron chi connectivity index (χ2n) is 8.15. The van der Waals surface area contributed by atoms with Crippen molar-refractivity contribution < 1.29 is 24.4 Å². The number of carboxylic acids is 1. The highest BCUT2D eigenvalue weighted by molar-refractivity contribution is 5.84. The van der Waals surface area contributed by atoms with E-state index in [9.17, 15) is 24.8 Å². The first-order valence-corrected chi connectivity index (χ1v) is 10.4. The fourth-order valence-corrected chi connectivity index (χ4v) is 4.25. The summed E-state index contributed by atoms with van der Waals surface area (Å²) in [6, 6.07) is 21.6. The van der Waals surface area contributed by atoms with E-state index < -0.39 is 22.5 Å². The van der Waals surface area contributed by atoms with Crippen molar-refractivity contribution in [3.05, 3.63) is 99.6 Å². The minimum Gasteiger partial charge on any atom is -0.480 e. The second kappa shape index (κ2) is 8.74. The van der Waals surface area contributed by atoms with E-state index in [1.54, 1.807) is 6.07 Å². The molecule has 3 aromatic rings. The minimum atomic E-state index is -1.80. The molecule has 2 N–H and O–H groups in total. The van der Waals surface area contributed by atoms with E-state index in [1.807, 2.05) is 48.5 Å². The van der Waals surface area contributed by atoms with Crippen molar-refractivity contribution in [1.82, 2.24) is 5.32 Å². The molecule has 8 heteroatoms. The third-order valence-electron chi connectivity index (χ3n) is 5.93. The van der Waals surface area contributed by atoms with E-state index in [0.717, 1.165) is 22.3 Å². The Morgan fingerprint density at radius 1 is 1.00 bits per heavy atom. The summed E-state index contributed by atoms with van der Waals surface area (Å²) in [7, 11) is 0. The summed E-state index contributed by atoms with van der Waals surface area (Å²) in [4.78, 5) is 35.3. The van der Waals surface area contributed by atoms with E-state index in [2.05, 4.69) is 5.32 Å². The van der Waals surface area contributed by atoms with Gasteiger partial charge in [0.05, 0.1) is 4.92 Å². The van der Waals surface area contributed by atoms with E-state index in [-0.39, 0.29) is 30.2 Å². The number of carbonyl (C=O) groups is 2. The highest BCUT2D eigenvalue weighted by Crippen LogP contribution is 2.44. The summed E-state index contributed by atoms with van der Waals surface area (Å²) in [6.07, 6.45) is -1.18. The number of hydrogen-bond donors (Lipinski definition) is 2. The van der Waals surface area contributed by atoms with Crippen molar-refractivity contribution in [2.75, 3.05) is 6.61 Å². The molecule has 8 nitrogen and oxygen atoms in total. The van der Waals surface area contributed by atoms with Crippen LogP contribution >= 0.6 is 0 Å². The molecule has 168 valence electrons. The summed E-state index contributed by atoms with van der Waals surface area (Å²) >= 11 is 0. The van der Waals surface area contributed by atoms with Gasteiger partial charge in [-0.15, -0.1) is 0 Å². The lowest BCUT2D eigenvalue weighted by molar-refractivity contribution is -0.385. The molecule has 3 aromatic carbocycles. The molecule has 0 aromatic heterocycles. The van der Waals surface area contributed by atoms with Crippen molar-refractivity contribution in [3.8, 4) is 11.1 Å². The van der Waals surface area contributed by atoms with Crippen molar-refractivity contribution in [2.24, 2.45) is 0 Å². The number of para-hydroxylation sites is 1. The highest BCUT2D eigenvalue weighted by atomic mass is 16.6. The van der Waals surface area contributed by atoms with Gasteiger partial charge >= 0.3 is 12.1 Å². The van der Waals surface area contributed by atoms with Crippen LogP contribution < -0.4 is 5.32 Å². The van der Waals surface area contributed by atoms with Crippen LogP contribution in [-0.2, 0) is 16.0 Å². The Hall–Kier alpha value is -4.20. The molecule has 0 bridgehead atoms. The molecule has 0 saturated carbocycles. The van der Waals surface area contributed by atoms with Crippen molar-refractivity contribution in [2.45, 2.75) is 24.8 Å². The Morgan fingerprint density at radius 2 is 1.55 bits per heavy atom. The number of fused-ring (bicyclic) bond motifs is 3. The van der Waals surface area contributed by atoms with Crippen LogP contribution in [0.15, 0.2) is 72.8 Å². The lowest BCUT2D eigenvalue weighted by Gasteiger charge is -2.26. The van der Waals surface area contributed by atoms with E-state index >= 15 is 0 Å². The molecule has 0 aliphatic heterocycles. The van der Waals surface area contributed by atoms with Gasteiger partial charge in [0.15, 0.2) is 0 Å². The van der Waals surface area contributed by atoms with Gasteiger partial charge in [0, 0.05) is 24.0 Å². The number of rotatable bonds is 7. The maximum absolute atomic E-state index is 12.6. The maximum Gasteiger partial charge on any atom is 0.408 e. The van der Waals surface area contributed by atoms with Crippen LogP contribution in [0.25, 0.3) is 11.1 Å². The quantitative estimate of drug-likeness (QED) is 0.407. The zero-order valence-corrected chi connectivity index (χ0v) is 17.9. The van der Waals surface area contributed by atoms with Crippen LogP contribution in [-0.4, -0.2) is 34.2 Å². The smallest absolute Gasteiger partial charge is 0.408 e. The van der Waals surface area contributed by atoms with Gasteiger partial charge in [-0.1, -0.05) is 66.7 Å². The number of carboxylic acid groups (broad SMARTS) is 1. The highest BCUT2D eigenvalue weighted by Gasteiger charge is 2.38. The average Bonchev–Trinajstić information content (AvgIpc) is 3.11. The van der Waals surface area contributed by atoms with Crippen LogP contribution in [0.2, 0.25) is 0 Å². The monoisotopic (exact) mass is 446 g/mol. The van der Waals surface area contributed by atoms with E-state index in [0.29, 0.717) is 0 Å². The number of nitrogens with zero attached hydrogens (tertiary/aromatic N) is 1. The Morgan fingerprint density at radius 3 is 2.12 bits per heavy atom. The van der Waals surface area contributed by atoms with Crippen molar-refractivity contribution in [3.63, 3.8) is 0 Å². The summed E-state index contributed by atoms with van der Waals surface area (Å²) in [5.74, 6) is -1.50. The topological polar surface area (TPSA) is 119 Å². The normalized spacial score (nSPS) is 14.0. The number of aliphatic carboxylic acids is 1. The zero-order valence-electron chi connectivity index (χ0n) is 17.9. The van der Waals surface area contributed by atoms with Crippen LogP contribution in [0.3, 0.4) is 0 Å². The molecule has 33 heavy (non-hydrogen) atoms. The number of carbonyl (C=O) groups excluding carboxylic acids is 1. The molecule has 0 spiro atoms. The largest absolute Gasteiger partial charge is 0.480 e. The first-order chi connectivity index (χ1) is 15.8. The van der Waals surface area contributed by atoms with E-state index in [4.69, 9.17) is 4.74 Å². The molecule has 1 atom stereocenters. The summed E-state index contributed by atoms with van der Waals surface area (Å²) in [5, 5.41) is 23.5. The molecule has 0 saturated heterocycles. The number of benzene rings is 3. The third kappa shape index (κ3) is 4.27. The van der Waals surface area contributed by atoms with Crippen molar-refractivity contribution >= 4 is 17.7 Å². The lowest BCUT2D eigenvalue weighted by atomic mass is 9.92. The maximum atomic E-state index is 12.6. The number of ether oxygens (including phenoxy) is 1. The number of nitro benzene ring substituents is 1. The Balaban J connectivity index is 1.50. The summed E-state index contributed by atoms with van der Waals surface area (Å²) in [5.41, 5.74) is 2.42. The molecule has 0 fully saturated rings. The van der Waals surface area contributed by atoms with Crippen LogP contribution in [0.4, 0.5) is 10.5 Å². The Kier molecular flexibility index (Phi) is 5.83. The Labute approximate surface area is 190 Å². The molecule has 1 amide bonds. The molecular weight excluding hydrogens is 424 g/mol. The SMILES string of the molecule is C[C@@](Cc1ccccc1[N+](=O)[O-])(NC(=O)OCC1c2ccccc2-c2ccccc21)C(=O)O. The molecule has 0 radical (unpaired) electrons. The number of amides is 1. The van der Waals surface area contributed by atoms with Crippen LogP contribution in [0.5, 0.6) is 0 Å². The predicted octanol–water partition coefficient (Wildman–Crippen LogP) is 4.52. The molecule has 1 aliphatic carbocycles. The Bertz CT molecular complexity index is 1200. The number of alkyl carbamates (subject to hydrolysis) is 1. The lowest BCUT2D eigenvalue weighted by Crippen LogP contribution is -2.54. The fourth-order valence-electron chi connectivity index (χ4n) is 4.25. The second-order valence-corrected chi connectivity index (χ2v) is 8.15. The van der Waals surface area contributed by atoms with Crippen LogP contribution in [0, 0.1) is 10.1 Å². The average molecular weight is 446 g/mol. The van der Waals surface area contributed by atoms with Gasteiger partial charge in [0.2, 0.25) is 0 Å². The van der Waals surface area contributed by atoms with Gasteiger partial charge in [0.1, 0.15) is 12.1 Å². The van der Waals surface area contributed by atoms with Crippen molar-refractivity contribution in [1.29, 1.82) is 0 Å². The minimum absolute atomic E-state index is 0.0288. The van der Waals surface area contributed by atoms with Gasteiger partial charge in [-0.25, -0.2) is 9.59 Å². The summed E-state index contributed by atoms with van der Waals surface area (Å²) < 4.78 is 5.45. The van der Waals surface area contributed by atoms with Gasteiger partial charge < -0.3 is 15.2 Å². The summed E-state index contributed by atoms with van der Waals surface area (Å²) in [6.45, 7) is 1.33. The number of nitrogens with one attached hydrogen (secondary N) is 1. The fraction of sp³-hybridized carbons (Fsp3) is 0.200. The molecule has 0 heterocycles. The standard InChI is InChI=1S/C25H22N2O6/c1-25(23(28)29,14-16-8-2-7-13-22(16)27(31)32)26-24(30)33-15-21-19-11-5-3-9-17(19)18-10-4-6-12-20(18)21/h2-13,21H,14-15H2,1H3,(H,26,30)(H,28,29)/t25-/m0/s1. The number of nitro groups is 1.